The molecule has 1 aromatic heterocycles. The fourth-order valence-corrected chi connectivity index (χ4v) is 3.97. The number of benzene rings is 2. The van der Waals surface area contributed by atoms with Crippen molar-refractivity contribution in [3.05, 3.63) is 71.4 Å². The normalized spacial score (nSPS) is 16.5. The van der Waals surface area contributed by atoms with Gasteiger partial charge in [0.25, 0.3) is 11.8 Å². The molecule has 2 aromatic carbocycles. The summed E-state index contributed by atoms with van der Waals surface area (Å²) in [5, 5.41) is 5.96. The molecule has 8 heteroatoms. The van der Waals surface area contributed by atoms with E-state index in [1.54, 1.807) is 29.2 Å². The Bertz CT molecular complexity index is 1190. The molecule has 2 aliphatic rings. The van der Waals surface area contributed by atoms with Crippen LogP contribution in [-0.2, 0) is 16.1 Å². The Labute approximate surface area is 178 Å². The number of morpholine rings is 1. The van der Waals surface area contributed by atoms with Crippen LogP contribution in [0, 0.1) is 0 Å². The largest absolute Gasteiger partial charge is 0.378 e. The first-order valence-corrected chi connectivity index (χ1v) is 10.1. The second-order valence-corrected chi connectivity index (χ2v) is 7.43. The summed E-state index contributed by atoms with van der Waals surface area (Å²) < 4.78 is 7.19. The van der Waals surface area contributed by atoms with E-state index < -0.39 is 11.8 Å². The highest BCUT2D eigenvalue weighted by Crippen LogP contribution is 2.24. The molecule has 0 unspecified atom stereocenters. The predicted octanol–water partition coefficient (Wildman–Crippen LogP) is 2.13. The summed E-state index contributed by atoms with van der Waals surface area (Å²) in [4.78, 5) is 39.6. The average Bonchev–Trinajstić information content (AvgIpc) is 3.28. The summed E-state index contributed by atoms with van der Waals surface area (Å²) in [5.74, 6) is -0.862. The molecule has 5 rings (SSSR count). The predicted molar refractivity (Wildman–Crippen MR) is 114 cm³/mol. The molecule has 0 saturated carbocycles. The first-order chi connectivity index (χ1) is 15.1. The van der Waals surface area contributed by atoms with Gasteiger partial charge in [-0.05, 0) is 18.2 Å². The van der Waals surface area contributed by atoms with Crippen LogP contribution in [0.5, 0.6) is 0 Å². The highest BCUT2D eigenvalue weighted by Gasteiger charge is 2.35. The van der Waals surface area contributed by atoms with Gasteiger partial charge in [-0.15, -0.1) is 0 Å². The fourth-order valence-electron chi connectivity index (χ4n) is 3.97. The van der Waals surface area contributed by atoms with Crippen molar-refractivity contribution in [2.75, 3.05) is 26.3 Å². The smallest absolute Gasteiger partial charge is 0.282 e. The van der Waals surface area contributed by atoms with Crippen LogP contribution in [0.1, 0.15) is 26.3 Å². The topological polar surface area (TPSA) is 84.2 Å². The van der Waals surface area contributed by atoms with Crippen molar-refractivity contribution in [1.82, 2.24) is 14.5 Å². The number of carbonyl (C=O) groups excluding carboxylic acids is 3. The number of fused-ring (bicyclic) bond motifs is 2. The van der Waals surface area contributed by atoms with Crippen LogP contribution in [0.2, 0.25) is 0 Å². The van der Waals surface area contributed by atoms with E-state index in [0.717, 1.165) is 21.5 Å². The Balaban J connectivity index is 1.43. The molecular formula is C23H20N4O4. The van der Waals surface area contributed by atoms with Crippen molar-refractivity contribution >= 4 is 34.8 Å². The van der Waals surface area contributed by atoms with Gasteiger partial charge < -0.3 is 14.2 Å². The molecule has 31 heavy (non-hydrogen) atoms. The van der Waals surface area contributed by atoms with Gasteiger partial charge in [0.2, 0.25) is 5.91 Å². The Morgan fingerprint density at radius 2 is 1.61 bits per heavy atom. The molecule has 156 valence electrons. The van der Waals surface area contributed by atoms with Gasteiger partial charge in [-0.1, -0.05) is 30.3 Å². The summed E-state index contributed by atoms with van der Waals surface area (Å²) in [6.07, 6.45) is 3.32. The zero-order valence-corrected chi connectivity index (χ0v) is 16.7. The third kappa shape index (κ3) is 3.40. The van der Waals surface area contributed by atoms with Crippen LogP contribution in [0.3, 0.4) is 0 Å². The molecule has 0 bridgehead atoms. The summed E-state index contributed by atoms with van der Waals surface area (Å²) in [6, 6.07) is 14.3. The van der Waals surface area contributed by atoms with E-state index in [0.29, 0.717) is 37.4 Å². The van der Waals surface area contributed by atoms with Gasteiger partial charge in [-0.25, -0.2) is 0 Å². The van der Waals surface area contributed by atoms with E-state index in [-0.39, 0.29) is 12.5 Å². The Morgan fingerprint density at radius 1 is 0.968 bits per heavy atom. The Hall–Kier alpha value is -3.78. The highest BCUT2D eigenvalue weighted by molar-refractivity contribution is 6.21. The first kappa shape index (κ1) is 19.2. The summed E-state index contributed by atoms with van der Waals surface area (Å²) in [6.45, 7) is 2.48. The van der Waals surface area contributed by atoms with E-state index in [2.05, 4.69) is 5.10 Å². The molecule has 1 saturated heterocycles. The average molecular weight is 416 g/mol. The maximum atomic E-state index is 12.7. The van der Waals surface area contributed by atoms with Crippen LogP contribution in [0.4, 0.5) is 0 Å². The fraction of sp³-hybridized carbons (Fsp3) is 0.217. The lowest BCUT2D eigenvalue weighted by molar-refractivity contribution is -0.135. The molecule has 3 aromatic rings. The number of hydrogen-bond acceptors (Lipinski definition) is 5. The van der Waals surface area contributed by atoms with Crippen molar-refractivity contribution in [1.29, 1.82) is 0 Å². The van der Waals surface area contributed by atoms with Crippen molar-refractivity contribution in [2.24, 2.45) is 5.10 Å². The van der Waals surface area contributed by atoms with Gasteiger partial charge in [0, 0.05) is 35.8 Å². The molecule has 0 atom stereocenters. The number of carbonyl (C=O) groups is 3. The molecule has 1 fully saturated rings. The van der Waals surface area contributed by atoms with Crippen molar-refractivity contribution in [3.8, 4) is 0 Å². The number of amides is 3. The molecular weight excluding hydrogens is 396 g/mol. The van der Waals surface area contributed by atoms with Gasteiger partial charge in [0.1, 0.15) is 6.54 Å². The van der Waals surface area contributed by atoms with E-state index in [1.807, 2.05) is 35.0 Å². The van der Waals surface area contributed by atoms with Gasteiger partial charge >= 0.3 is 0 Å². The molecule has 8 nitrogen and oxygen atoms in total. The standard InChI is InChI=1S/C23H20N4O4/c28-21(25-9-11-31-12-10-25)15-26-14-16(17-5-3-4-8-20(17)26)13-24-27-22(29)18-6-1-2-7-19(18)23(27)30/h1-8,13-14H,9-12,15H2/b24-13+. The summed E-state index contributed by atoms with van der Waals surface area (Å²) in [7, 11) is 0. The minimum atomic E-state index is -0.442. The summed E-state index contributed by atoms with van der Waals surface area (Å²) in [5.41, 5.74) is 2.31. The van der Waals surface area contributed by atoms with Gasteiger partial charge in [0.05, 0.1) is 30.6 Å². The first-order valence-electron chi connectivity index (χ1n) is 10.1. The van der Waals surface area contributed by atoms with Gasteiger partial charge in [-0.3, -0.25) is 14.4 Å². The van der Waals surface area contributed by atoms with Crippen LogP contribution in [0.15, 0.2) is 59.8 Å². The highest BCUT2D eigenvalue weighted by atomic mass is 16.5. The quantitative estimate of drug-likeness (QED) is 0.482. The number of ether oxygens (including phenoxy) is 1. The second kappa shape index (κ2) is 7.81. The second-order valence-electron chi connectivity index (χ2n) is 7.43. The maximum absolute atomic E-state index is 12.7. The number of para-hydroxylation sites is 1. The molecule has 0 radical (unpaired) electrons. The molecule has 3 amide bonds. The zero-order chi connectivity index (χ0) is 21.4. The van der Waals surface area contributed by atoms with E-state index in [9.17, 15) is 14.4 Å². The van der Waals surface area contributed by atoms with E-state index in [4.69, 9.17) is 4.74 Å². The van der Waals surface area contributed by atoms with Crippen molar-refractivity contribution in [3.63, 3.8) is 0 Å². The van der Waals surface area contributed by atoms with E-state index >= 15 is 0 Å². The van der Waals surface area contributed by atoms with Gasteiger partial charge in [-0.2, -0.15) is 10.1 Å². The lowest BCUT2D eigenvalue weighted by atomic mass is 10.1. The Kier molecular flexibility index (Phi) is 4.83. The lowest BCUT2D eigenvalue weighted by Gasteiger charge is -2.27. The number of rotatable bonds is 4. The van der Waals surface area contributed by atoms with Crippen LogP contribution in [0.25, 0.3) is 10.9 Å². The number of hydrogen-bond donors (Lipinski definition) is 0. The van der Waals surface area contributed by atoms with Crippen molar-refractivity contribution < 1.29 is 19.1 Å². The lowest BCUT2D eigenvalue weighted by Crippen LogP contribution is -2.42. The number of imide groups is 1. The van der Waals surface area contributed by atoms with Crippen molar-refractivity contribution in [2.45, 2.75) is 6.54 Å². The SMILES string of the molecule is O=C(Cn1cc(/C=N/N2C(=O)c3ccccc3C2=O)c2ccccc21)N1CCOCC1. The number of nitrogens with zero attached hydrogens (tertiary/aromatic N) is 4. The minimum absolute atomic E-state index is 0.0212. The Morgan fingerprint density at radius 3 is 2.32 bits per heavy atom. The third-order valence-electron chi connectivity index (χ3n) is 5.57. The van der Waals surface area contributed by atoms with Crippen LogP contribution in [-0.4, -0.2) is 64.7 Å². The molecule has 0 aliphatic carbocycles. The molecule has 3 heterocycles. The monoisotopic (exact) mass is 416 g/mol. The molecule has 2 aliphatic heterocycles. The van der Waals surface area contributed by atoms with Crippen LogP contribution < -0.4 is 0 Å². The number of hydrazone groups is 1. The third-order valence-corrected chi connectivity index (χ3v) is 5.57. The van der Waals surface area contributed by atoms with Gasteiger partial charge in [0.15, 0.2) is 0 Å². The minimum Gasteiger partial charge on any atom is -0.378 e. The number of aromatic nitrogens is 1. The summed E-state index contributed by atoms with van der Waals surface area (Å²) >= 11 is 0. The molecule has 0 spiro atoms. The van der Waals surface area contributed by atoms with E-state index in [1.165, 1.54) is 6.21 Å². The molecule has 0 N–H and O–H groups in total. The maximum Gasteiger partial charge on any atom is 0.282 e. The zero-order valence-electron chi connectivity index (χ0n) is 16.7. The van der Waals surface area contributed by atoms with Crippen LogP contribution >= 0.6 is 0 Å².